The number of anilines is 1. The van der Waals surface area contributed by atoms with Crippen LogP contribution in [-0.2, 0) is 0 Å². The monoisotopic (exact) mass is 311 g/mol. The summed E-state index contributed by atoms with van der Waals surface area (Å²) >= 11 is 12.2. The van der Waals surface area contributed by atoms with Crippen LogP contribution in [0.3, 0.4) is 0 Å². The molecule has 2 rings (SSSR count). The van der Waals surface area contributed by atoms with Crippen molar-refractivity contribution in [3.05, 3.63) is 62.9 Å². The summed E-state index contributed by atoms with van der Waals surface area (Å²) in [5.41, 5.74) is 1.92. The molecule has 20 heavy (non-hydrogen) atoms. The van der Waals surface area contributed by atoms with E-state index < -0.39 is 0 Å². The molecule has 0 radical (unpaired) electrons. The lowest BCUT2D eigenvalue weighted by atomic mass is 10.1. The van der Waals surface area contributed by atoms with Gasteiger partial charge in [0.05, 0.1) is 15.7 Å². The van der Waals surface area contributed by atoms with Gasteiger partial charge in [-0.2, -0.15) is 0 Å². The Kier molecular flexibility index (Phi) is 4.31. The van der Waals surface area contributed by atoms with Crippen molar-refractivity contribution < 1.29 is 9.18 Å². The summed E-state index contributed by atoms with van der Waals surface area (Å²) in [6, 6.07) is 7.57. The fourth-order valence-corrected chi connectivity index (χ4v) is 2.21. The highest BCUT2D eigenvalue weighted by Gasteiger charge is 2.14. The van der Waals surface area contributed by atoms with E-state index in [2.05, 4.69) is 5.32 Å². The molecule has 104 valence electrons. The molecule has 0 fully saturated rings. The molecule has 0 heterocycles. The third-order valence-electron chi connectivity index (χ3n) is 2.94. The van der Waals surface area contributed by atoms with Gasteiger partial charge >= 0.3 is 0 Å². The zero-order chi connectivity index (χ0) is 14.9. The van der Waals surface area contributed by atoms with Crippen molar-refractivity contribution in [2.45, 2.75) is 13.8 Å². The van der Waals surface area contributed by atoms with E-state index in [1.807, 2.05) is 6.92 Å². The first-order valence-corrected chi connectivity index (χ1v) is 6.68. The summed E-state index contributed by atoms with van der Waals surface area (Å²) in [5.74, 6) is -0.740. The van der Waals surface area contributed by atoms with Crippen molar-refractivity contribution >= 4 is 34.8 Å². The molecule has 0 aliphatic carbocycles. The van der Waals surface area contributed by atoms with E-state index in [0.717, 1.165) is 5.56 Å². The quantitative estimate of drug-likeness (QED) is 0.830. The second kappa shape index (κ2) is 5.81. The van der Waals surface area contributed by atoms with Crippen LogP contribution >= 0.6 is 23.2 Å². The van der Waals surface area contributed by atoms with Crippen LogP contribution in [0.15, 0.2) is 30.3 Å². The average Bonchev–Trinajstić information content (AvgIpc) is 2.42. The summed E-state index contributed by atoms with van der Waals surface area (Å²) in [7, 11) is 0. The molecule has 1 N–H and O–H groups in total. The molecule has 0 spiro atoms. The van der Waals surface area contributed by atoms with Crippen LogP contribution in [0.1, 0.15) is 21.5 Å². The average molecular weight is 312 g/mol. The normalized spacial score (nSPS) is 10.4. The number of carbonyl (C=O) groups is 1. The third-order valence-corrected chi connectivity index (χ3v) is 3.74. The molecular formula is C15H12Cl2FNO. The molecule has 2 aromatic rings. The minimum Gasteiger partial charge on any atom is -0.319 e. The Balaban J connectivity index is 2.32. The molecule has 0 unspecified atom stereocenters. The van der Waals surface area contributed by atoms with Crippen LogP contribution in [0, 0.1) is 19.7 Å². The Morgan fingerprint density at radius 3 is 2.45 bits per heavy atom. The van der Waals surface area contributed by atoms with E-state index in [9.17, 15) is 9.18 Å². The van der Waals surface area contributed by atoms with Gasteiger partial charge in [-0.1, -0.05) is 29.3 Å². The first kappa shape index (κ1) is 14.8. The highest BCUT2D eigenvalue weighted by molar-refractivity contribution is 6.40. The number of benzene rings is 2. The zero-order valence-electron chi connectivity index (χ0n) is 10.9. The van der Waals surface area contributed by atoms with Gasteiger partial charge < -0.3 is 5.32 Å². The molecular weight excluding hydrogens is 300 g/mol. The predicted molar refractivity (Wildman–Crippen MR) is 80.3 cm³/mol. The van der Waals surface area contributed by atoms with Crippen molar-refractivity contribution in [1.29, 1.82) is 0 Å². The van der Waals surface area contributed by atoms with Crippen LogP contribution < -0.4 is 5.32 Å². The van der Waals surface area contributed by atoms with E-state index in [1.54, 1.807) is 19.1 Å². The van der Waals surface area contributed by atoms with Crippen LogP contribution in [0.2, 0.25) is 10.0 Å². The molecule has 1 amide bonds. The van der Waals surface area contributed by atoms with Crippen LogP contribution in [-0.4, -0.2) is 5.91 Å². The lowest BCUT2D eigenvalue weighted by Gasteiger charge is -2.11. The van der Waals surface area contributed by atoms with Crippen LogP contribution in [0.4, 0.5) is 10.1 Å². The number of nitrogens with one attached hydrogen (secondary N) is 1. The fraction of sp³-hybridized carbons (Fsp3) is 0.133. The van der Waals surface area contributed by atoms with Crippen molar-refractivity contribution in [2.24, 2.45) is 0 Å². The highest BCUT2D eigenvalue weighted by atomic mass is 35.5. The van der Waals surface area contributed by atoms with Crippen molar-refractivity contribution in [3.63, 3.8) is 0 Å². The van der Waals surface area contributed by atoms with Gasteiger partial charge in [0.1, 0.15) is 5.82 Å². The second-order valence-electron chi connectivity index (χ2n) is 4.47. The molecule has 2 aromatic carbocycles. The fourth-order valence-electron chi connectivity index (χ4n) is 1.74. The first-order valence-electron chi connectivity index (χ1n) is 5.92. The largest absolute Gasteiger partial charge is 0.319 e. The predicted octanol–water partition coefficient (Wildman–Crippen LogP) is 5.00. The van der Waals surface area contributed by atoms with E-state index >= 15 is 0 Å². The summed E-state index contributed by atoms with van der Waals surface area (Å²) in [6.07, 6.45) is 0. The Morgan fingerprint density at radius 2 is 1.80 bits per heavy atom. The molecule has 0 aromatic heterocycles. The molecule has 0 atom stereocenters. The van der Waals surface area contributed by atoms with Gasteiger partial charge in [-0.15, -0.1) is 0 Å². The van der Waals surface area contributed by atoms with Crippen LogP contribution in [0.25, 0.3) is 0 Å². The molecule has 0 saturated carbocycles. The molecule has 0 aliphatic rings. The minimum absolute atomic E-state index is 0.345. The third kappa shape index (κ3) is 2.94. The molecule has 0 aliphatic heterocycles. The van der Waals surface area contributed by atoms with Gasteiger partial charge in [-0.25, -0.2) is 4.39 Å². The summed E-state index contributed by atoms with van der Waals surface area (Å²) in [5, 5.41) is 3.40. The number of aryl methyl sites for hydroxylation is 2. The summed E-state index contributed by atoms with van der Waals surface area (Å²) in [6.45, 7) is 3.41. The van der Waals surface area contributed by atoms with E-state index in [-0.39, 0.29) is 11.7 Å². The summed E-state index contributed by atoms with van der Waals surface area (Å²) in [4.78, 5) is 12.1. The number of hydrogen-bond donors (Lipinski definition) is 1. The number of rotatable bonds is 2. The molecule has 0 saturated heterocycles. The van der Waals surface area contributed by atoms with Gasteiger partial charge in [0.25, 0.3) is 5.91 Å². The van der Waals surface area contributed by atoms with Crippen molar-refractivity contribution in [1.82, 2.24) is 0 Å². The number of halogens is 3. The standard InChI is InChI=1S/C15H12Cl2FNO/c1-8-3-5-11(16)14(13(8)17)19-15(20)10-4-6-12(18)9(2)7-10/h3-7H,1-2H3,(H,19,20). The van der Waals surface area contributed by atoms with Crippen molar-refractivity contribution in [3.8, 4) is 0 Å². The van der Waals surface area contributed by atoms with Gasteiger partial charge in [-0.3, -0.25) is 4.79 Å². The Bertz CT molecular complexity index is 686. The van der Waals surface area contributed by atoms with Crippen LogP contribution in [0.5, 0.6) is 0 Å². The second-order valence-corrected chi connectivity index (χ2v) is 5.26. The summed E-state index contributed by atoms with van der Waals surface area (Å²) < 4.78 is 13.2. The Labute approximate surface area is 126 Å². The lowest BCUT2D eigenvalue weighted by Crippen LogP contribution is -2.13. The minimum atomic E-state index is -0.387. The SMILES string of the molecule is Cc1cc(C(=O)Nc2c(Cl)ccc(C)c2Cl)ccc1F. The first-order chi connectivity index (χ1) is 9.40. The van der Waals surface area contributed by atoms with E-state index in [0.29, 0.717) is 26.9 Å². The maximum Gasteiger partial charge on any atom is 0.255 e. The topological polar surface area (TPSA) is 29.1 Å². The molecule has 2 nitrogen and oxygen atoms in total. The van der Waals surface area contributed by atoms with Crippen molar-refractivity contribution in [2.75, 3.05) is 5.32 Å². The maximum atomic E-state index is 13.2. The number of hydrogen-bond acceptors (Lipinski definition) is 1. The van der Waals surface area contributed by atoms with E-state index in [4.69, 9.17) is 23.2 Å². The van der Waals surface area contributed by atoms with Gasteiger partial charge in [0.15, 0.2) is 0 Å². The zero-order valence-corrected chi connectivity index (χ0v) is 12.4. The van der Waals surface area contributed by atoms with E-state index in [1.165, 1.54) is 18.2 Å². The van der Waals surface area contributed by atoms with Gasteiger partial charge in [0, 0.05) is 5.56 Å². The number of amides is 1. The van der Waals surface area contributed by atoms with Gasteiger partial charge in [-0.05, 0) is 49.2 Å². The lowest BCUT2D eigenvalue weighted by molar-refractivity contribution is 0.102. The van der Waals surface area contributed by atoms with Gasteiger partial charge in [0.2, 0.25) is 0 Å². The smallest absolute Gasteiger partial charge is 0.255 e. The maximum absolute atomic E-state index is 13.2. The Morgan fingerprint density at radius 1 is 1.10 bits per heavy atom. The molecule has 0 bridgehead atoms. The highest BCUT2D eigenvalue weighted by Crippen LogP contribution is 2.33. The molecule has 5 heteroatoms. The number of carbonyl (C=O) groups excluding carboxylic acids is 1. The Hall–Kier alpha value is -1.58.